The van der Waals surface area contributed by atoms with E-state index >= 15 is 0 Å². The van der Waals surface area contributed by atoms with Crippen LogP contribution in [0.15, 0.2) is 78.9 Å². The monoisotopic (exact) mass is 376 g/mol. The van der Waals surface area contributed by atoms with E-state index in [1.165, 1.54) is 4.90 Å². The van der Waals surface area contributed by atoms with Gasteiger partial charge in [-0.1, -0.05) is 78.3 Å². The highest BCUT2D eigenvalue weighted by Gasteiger charge is 2.39. The van der Waals surface area contributed by atoms with Gasteiger partial charge in [-0.2, -0.15) is 0 Å². The van der Waals surface area contributed by atoms with Crippen LogP contribution in [0, 0.1) is 0 Å². The second-order valence-electron chi connectivity index (χ2n) is 6.35. The average molecular weight is 377 g/mol. The van der Waals surface area contributed by atoms with Gasteiger partial charge in [0.1, 0.15) is 0 Å². The van der Waals surface area contributed by atoms with Crippen molar-refractivity contribution in [3.8, 4) is 0 Å². The van der Waals surface area contributed by atoms with Crippen molar-refractivity contribution < 1.29 is 9.59 Å². The van der Waals surface area contributed by atoms with E-state index in [4.69, 9.17) is 11.6 Å². The lowest BCUT2D eigenvalue weighted by Crippen LogP contribution is -2.49. The van der Waals surface area contributed by atoms with Crippen LogP contribution in [0.1, 0.15) is 22.7 Å². The first-order valence-corrected chi connectivity index (χ1v) is 9.01. The number of hydrogen-bond donors (Lipinski definition) is 0. The smallest absolute Gasteiger partial charge is 0.289 e. The van der Waals surface area contributed by atoms with E-state index in [0.29, 0.717) is 18.0 Å². The molecule has 1 aliphatic heterocycles. The topological polar surface area (TPSA) is 40.6 Å². The molecule has 4 nitrogen and oxygen atoms in total. The first kappa shape index (κ1) is 17.3. The van der Waals surface area contributed by atoms with Gasteiger partial charge in [-0.25, -0.2) is 4.79 Å². The van der Waals surface area contributed by atoms with Crippen molar-refractivity contribution in [2.75, 3.05) is 4.90 Å². The fourth-order valence-corrected chi connectivity index (χ4v) is 3.78. The minimum absolute atomic E-state index is 0.360. The quantitative estimate of drug-likeness (QED) is 0.599. The number of carbonyl (C=O) groups is 2. The number of halogens is 1. The van der Waals surface area contributed by atoms with Gasteiger partial charge in [-0.15, -0.1) is 0 Å². The van der Waals surface area contributed by atoms with Gasteiger partial charge in [0.15, 0.2) is 0 Å². The first-order chi connectivity index (χ1) is 13.2. The maximum atomic E-state index is 13.2. The molecule has 3 aromatic carbocycles. The fourth-order valence-electron chi connectivity index (χ4n) is 3.51. The van der Waals surface area contributed by atoms with Crippen molar-refractivity contribution >= 4 is 29.7 Å². The first-order valence-electron chi connectivity index (χ1n) is 8.63. The van der Waals surface area contributed by atoms with Crippen LogP contribution in [0.5, 0.6) is 0 Å². The van der Waals surface area contributed by atoms with Gasteiger partial charge in [0.2, 0.25) is 6.41 Å². The third kappa shape index (κ3) is 3.09. The molecule has 0 aliphatic carbocycles. The highest BCUT2D eigenvalue weighted by Crippen LogP contribution is 2.43. The largest absolute Gasteiger partial charge is 0.332 e. The van der Waals surface area contributed by atoms with Gasteiger partial charge in [-0.05, 0) is 23.3 Å². The van der Waals surface area contributed by atoms with Gasteiger partial charge >= 0.3 is 6.03 Å². The number of carbonyl (C=O) groups excluding carboxylic acids is 2. The van der Waals surface area contributed by atoms with Crippen LogP contribution < -0.4 is 4.90 Å². The molecule has 0 N–H and O–H groups in total. The number of imide groups is 1. The highest BCUT2D eigenvalue weighted by atomic mass is 35.5. The molecular weight excluding hydrogens is 360 g/mol. The zero-order chi connectivity index (χ0) is 18.8. The van der Waals surface area contributed by atoms with Crippen molar-refractivity contribution in [3.05, 3.63) is 101 Å². The third-order valence-electron chi connectivity index (χ3n) is 4.74. The maximum Gasteiger partial charge on any atom is 0.332 e. The molecule has 0 fully saturated rings. The second kappa shape index (κ2) is 7.25. The molecule has 0 aromatic heterocycles. The SMILES string of the molecule is O=CN1C(=O)N(Cc2ccccc2)c2cccc(Cl)c2C1c1ccccc1. The summed E-state index contributed by atoms with van der Waals surface area (Å²) in [5.74, 6) is 0. The molecule has 3 amide bonds. The number of urea groups is 1. The normalized spacial score (nSPS) is 16.2. The van der Waals surface area contributed by atoms with E-state index in [2.05, 4.69) is 0 Å². The lowest BCUT2D eigenvalue weighted by atomic mass is 9.93. The van der Waals surface area contributed by atoms with E-state index in [-0.39, 0.29) is 6.03 Å². The molecule has 5 heteroatoms. The molecule has 1 unspecified atom stereocenters. The van der Waals surface area contributed by atoms with Crippen LogP contribution in [-0.4, -0.2) is 17.3 Å². The summed E-state index contributed by atoms with van der Waals surface area (Å²) in [6.45, 7) is 0.360. The molecule has 1 aliphatic rings. The maximum absolute atomic E-state index is 13.2. The summed E-state index contributed by atoms with van der Waals surface area (Å²) in [5, 5.41) is 0.527. The molecule has 0 saturated carbocycles. The number of anilines is 1. The molecule has 0 bridgehead atoms. The lowest BCUT2D eigenvalue weighted by molar-refractivity contribution is -0.116. The van der Waals surface area contributed by atoms with E-state index in [1.807, 2.05) is 72.8 Å². The van der Waals surface area contributed by atoms with Crippen molar-refractivity contribution in [2.45, 2.75) is 12.6 Å². The Labute approximate surface area is 162 Å². The molecule has 0 radical (unpaired) electrons. The Balaban J connectivity index is 1.88. The predicted octanol–water partition coefficient (Wildman–Crippen LogP) is 5.03. The second-order valence-corrected chi connectivity index (χ2v) is 6.76. The average Bonchev–Trinajstić information content (AvgIpc) is 2.71. The predicted molar refractivity (Wildman–Crippen MR) is 106 cm³/mol. The number of amides is 3. The van der Waals surface area contributed by atoms with Crippen molar-refractivity contribution in [1.82, 2.24) is 4.90 Å². The molecule has 3 aromatic rings. The van der Waals surface area contributed by atoms with Gasteiger partial charge in [0, 0.05) is 10.6 Å². The van der Waals surface area contributed by atoms with E-state index < -0.39 is 6.04 Å². The fraction of sp³-hybridized carbons (Fsp3) is 0.0909. The zero-order valence-corrected chi connectivity index (χ0v) is 15.2. The minimum atomic E-state index is -0.549. The summed E-state index contributed by atoms with van der Waals surface area (Å²) >= 11 is 6.54. The van der Waals surface area contributed by atoms with Crippen molar-refractivity contribution in [1.29, 1.82) is 0 Å². The molecular formula is C22H17ClN2O2. The van der Waals surface area contributed by atoms with Crippen molar-refractivity contribution in [2.24, 2.45) is 0 Å². The molecule has 4 rings (SSSR count). The van der Waals surface area contributed by atoms with Crippen molar-refractivity contribution in [3.63, 3.8) is 0 Å². The summed E-state index contributed by atoms with van der Waals surface area (Å²) in [7, 11) is 0. The van der Waals surface area contributed by atoms with E-state index in [9.17, 15) is 9.59 Å². The van der Waals surface area contributed by atoms with Gasteiger partial charge in [-0.3, -0.25) is 14.6 Å². The number of fused-ring (bicyclic) bond motifs is 1. The Morgan fingerprint density at radius 1 is 0.889 bits per heavy atom. The van der Waals surface area contributed by atoms with Crippen LogP contribution in [0.3, 0.4) is 0 Å². The molecule has 1 heterocycles. The molecule has 0 saturated heterocycles. The molecule has 1 atom stereocenters. The van der Waals surface area contributed by atoms with E-state index in [1.54, 1.807) is 11.0 Å². The third-order valence-corrected chi connectivity index (χ3v) is 5.07. The highest BCUT2D eigenvalue weighted by molar-refractivity contribution is 6.32. The number of nitrogens with zero attached hydrogens (tertiary/aromatic N) is 2. The molecule has 0 spiro atoms. The summed E-state index contributed by atoms with van der Waals surface area (Å²) in [6.07, 6.45) is 0.588. The summed E-state index contributed by atoms with van der Waals surface area (Å²) in [6, 6.07) is 23.7. The van der Waals surface area contributed by atoms with Crippen LogP contribution in [0.25, 0.3) is 0 Å². The number of rotatable bonds is 4. The van der Waals surface area contributed by atoms with E-state index in [0.717, 1.165) is 22.4 Å². The molecule has 134 valence electrons. The Morgan fingerprint density at radius 2 is 1.56 bits per heavy atom. The van der Waals surface area contributed by atoms with Crippen LogP contribution in [0.4, 0.5) is 10.5 Å². The number of benzene rings is 3. The van der Waals surface area contributed by atoms with Gasteiger partial charge in [0.05, 0.1) is 18.3 Å². The van der Waals surface area contributed by atoms with Gasteiger partial charge < -0.3 is 0 Å². The Bertz CT molecular complexity index is 976. The zero-order valence-electron chi connectivity index (χ0n) is 14.5. The van der Waals surface area contributed by atoms with Crippen LogP contribution in [-0.2, 0) is 11.3 Å². The minimum Gasteiger partial charge on any atom is -0.289 e. The molecule has 27 heavy (non-hydrogen) atoms. The summed E-state index contributed by atoms with van der Waals surface area (Å²) in [4.78, 5) is 27.9. The Morgan fingerprint density at radius 3 is 2.22 bits per heavy atom. The summed E-state index contributed by atoms with van der Waals surface area (Å²) < 4.78 is 0. The van der Waals surface area contributed by atoms with Crippen LogP contribution >= 0.6 is 11.6 Å². The standard InChI is InChI=1S/C22H17ClN2O2/c23-18-12-7-13-19-20(18)21(17-10-5-2-6-11-17)25(15-26)22(27)24(19)14-16-8-3-1-4-9-16/h1-13,15,21H,14H2. The van der Waals surface area contributed by atoms with Gasteiger partial charge in [0.25, 0.3) is 0 Å². The Kier molecular flexibility index (Phi) is 4.65. The summed E-state index contributed by atoms with van der Waals surface area (Å²) in [5.41, 5.74) is 3.30. The Hall–Kier alpha value is -3.11. The number of hydrogen-bond acceptors (Lipinski definition) is 2. The van der Waals surface area contributed by atoms with Crippen LogP contribution in [0.2, 0.25) is 5.02 Å². The lowest BCUT2D eigenvalue weighted by Gasteiger charge is -2.40.